The smallest absolute Gasteiger partial charge is 0.249 e. The Balaban J connectivity index is 1.98. The van der Waals surface area contributed by atoms with Crippen LogP contribution in [0.1, 0.15) is 26.7 Å². The van der Waals surface area contributed by atoms with Crippen molar-refractivity contribution in [2.75, 3.05) is 0 Å². The Labute approximate surface area is 94.4 Å². The lowest BCUT2D eigenvalue weighted by Crippen LogP contribution is -2.35. The summed E-state index contributed by atoms with van der Waals surface area (Å²) in [5, 5.41) is 25.9. The summed E-state index contributed by atoms with van der Waals surface area (Å²) in [6, 6.07) is 2.31. The molecule has 0 saturated heterocycles. The van der Waals surface area contributed by atoms with Crippen LogP contribution in [0.3, 0.4) is 0 Å². The molecule has 0 radical (unpaired) electrons. The number of aliphatic hydroxyl groups is 1. The molecule has 1 saturated carbocycles. The lowest BCUT2D eigenvalue weighted by molar-refractivity contribution is -0.462. The van der Waals surface area contributed by atoms with Crippen LogP contribution in [-0.2, 0) is 0 Å². The lowest BCUT2D eigenvalue weighted by atomic mass is 9.65. The predicted octanol–water partition coefficient (Wildman–Crippen LogP) is 1.61. The van der Waals surface area contributed by atoms with Crippen molar-refractivity contribution < 1.29 is 9.79 Å². The van der Waals surface area contributed by atoms with Crippen LogP contribution >= 0.6 is 0 Å². The average molecular weight is 219 g/mol. The molecular weight excluding hydrogens is 204 g/mol. The maximum Gasteiger partial charge on any atom is 0.249 e. The molecule has 1 fully saturated rings. The van der Waals surface area contributed by atoms with Crippen LogP contribution in [0.25, 0.3) is 0 Å². The zero-order valence-corrected chi connectivity index (χ0v) is 9.46. The van der Waals surface area contributed by atoms with Crippen LogP contribution in [0.5, 0.6) is 0 Å². The minimum atomic E-state index is -0.590. The van der Waals surface area contributed by atoms with Crippen LogP contribution < -0.4 is 0 Å². The Bertz CT molecular complexity index is 422. The third-order valence-electron chi connectivity index (χ3n) is 3.01. The second kappa shape index (κ2) is 3.80. The van der Waals surface area contributed by atoms with Crippen molar-refractivity contribution in [1.29, 1.82) is 5.26 Å². The van der Waals surface area contributed by atoms with Gasteiger partial charge in [0.1, 0.15) is 17.5 Å². The highest BCUT2D eigenvalue weighted by atomic mass is 16.3. The number of hydrogen-bond acceptors (Lipinski definition) is 4. The SMILES string of the molecule is C[C@H](O)C1=C/[N+](=C/C2CC(C)(C#N)C2)N=N1. The second-order valence-corrected chi connectivity index (χ2v) is 4.79. The molecule has 0 aromatic rings. The topological polar surface area (TPSA) is 71.8 Å². The number of rotatable bonds is 2. The first kappa shape index (κ1) is 11.0. The van der Waals surface area contributed by atoms with Gasteiger partial charge in [0.2, 0.25) is 5.70 Å². The Kier molecular flexibility index (Phi) is 2.60. The van der Waals surface area contributed by atoms with Gasteiger partial charge in [-0.1, -0.05) is 0 Å². The molecule has 84 valence electrons. The zero-order valence-electron chi connectivity index (χ0n) is 9.46. The summed E-state index contributed by atoms with van der Waals surface area (Å²) in [6.07, 6.45) is 4.82. The van der Waals surface area contributed by atoms with E-state index in [0.29, 0.717) is 11.6 Å². The third-order valence-corrected chi connectivity index (χ3v) is 3.01. The first-order chi connectivity index (χ1) is 7.52. The Hall–Kier alpha value is -1.54. The molecule has 0 spiro atoms. The number of nitriles is 1. The van der Waals surface area contributed by atoms with Crippen molar-refractivity contribution in [3.63, 3.8) is 0 Å². The van der Waals surface area contributed by atoms with Gasteiger partial charge in [0, 0.05) is 5.92 Å². The van der Waals surface area contributed by atoms with E-state index in [0.717, 1.165) is 12.8 Å². The molecule has 0 unspecified atom stereocenters. The average Bonchev–Trinajstić information content (AvgIpc) is 2.63. The molecule has 2 rings (SSSR count). The van der Waals surface area contributed by atoms with Gasteiger partial charge in [-0.15, -0.1) is 4.68 Å². The van der Waals surface area contributed by atoms with Gasteiger partial charge in [0.15, 0.2) is 6.20 Å². The van der Waals surface area contributed by atoms with E-state index in [9.17, 15) is 5.11 Å². The summed E-state index contributed by atoms with van der Waals surface area (Å²) in [5.74, 6) is 0.383. The van der Waals surface area contributed by atoms with Crippen LogP contribution in [0.15, 0.2) is 22.2 Å². The fourth-order valence-corrected chi connectivity index (χ4v) is 2.06. The molecule has 16 heavy (non-hydrogen) atoms. The molecule has 1 heterocycles. The highest BCUT2D eigenvalue weighted by Crippen LogP contribution is 2.43. The molecule has 0 bridgehead atoms. The summed E-state index contributed by atoms with van der Waals surface area (Å²) >= 11 is 0. The molecule has 1 N–H and O–H groups in total. The van der Waals surface area contributed by atoms with Crippen molar-refractivity contribution in [1.82, 2.24) is 0 Å². The molecule has 2 aliphatic rings. The maximum atomic E-state index is 9.29. The number of hydrogen-bond donors (Lipinski definition) is 1. The van der Waals surface area contributed by atoms with Gasteiger partial charge in [0.05, 0.1) is 16.6 Å². The highest BCUT2D eigenvalue weighted by molar-refractivity contribution is 5.58. The fraction of sp³-hybridized carbons (Fsp3) is 0.636. The highest BCUT2D eigenvalue weighted by Gasteiger charge is 2.41. The monoisotopic (exact) mass is 219 g/mol. The van der Waals surface area contributed by atoms with Gasteiger partial charge in [-0.25, -0.2) is 0 Å². The van der Waals surface area contributed by atoms with Crippen molar-refractivity contribution in [2.24, 2.45) is 21.7 Å². The van der Waals surface area contributed by atoms with Crippen molar-refractivity contribution in [2.45, 2.75) is 32.8 Å². The maximum absolute atomic E-state index is 9.29. The second-order valence-electron chi connectivity index (χ2n) is 4.79. The quantitative estimate of drug-likeness (QED) is 0.717. The van der Waals surface area contributed by atoms with E-state index >= 15 is 0 Å². The minimum Gasteiger partial charge on any atom is -0.384 e. The van der Waals surface area contributed by atoms with Gasteiger partial charge in [-0.3, -0.25) is 0 Å². The summed E-state index contributed by atoms with van der Waals surface area (Å²) < 4.78 is 1.63. The molecule has 1 atom stereocenters. The number of aliphatic hydroxyl groups excluding tert-OH is 1. The number of nitrogens with zero attached hydrogens (tertiary/aromatic N) is 4. The molecule has 1 aliphatic carbocycles. The van der Waals surface area contributed by atoms with E-state index in [1.165, 1.54) is 0 Å². The van der Waals surface area contributed by atoms with Gasteiger partial charge in [-0.2, -0.15) is 5.26 Å². The molecule has 0 aromatic heterocycles. The lowest BCUT2D eigenvalue weighted by Gasteiger charge is -2.36. The Morgan fingerprint density at radius 2 is 2.44 bits per heavy atom. The normalized spacial score (nSPS) is 36.8. The summed E-state index contributed by atoms with van der Waals surface area (Å²) in [6.45, 7) is 3.63. The van der Waals surface area contributed by atoms with Crippen LogP contribution in [-0.4, -0.2) is 22.1 Å². The van der Waals surface area contributed by atoms with Crippen molar-refractivity contribution in [3.8, 4) is 6.07 Å². The first-order valence-corrected chi connectivity index (χ1v) is 5.38. The van der Waals surface area contributed by atoms with Gasteiger partial charge >= 0.3 is 0 Å². The van der Waals surface area contributed by atoms with Gasteiger partial charge in [-0.05, 0) is 26.7 Å². The molecular formula is C11H15N4O+. The van der Waals surface area contributed by atoms with E-state index in [-0.39, 0.29) is 5.41 Å². The van der Waals surface area contributed by atoms with Gasteiger partial charge < -0.3 is 5.11 Å². The summed E-state index contributed by atoms with van der Waals surface area (Å²) in [4.78, 5) is 0. The van der Waals surface area contributed by atoms with Gasteiger partial charge in [0.25, 0.3) is 0 Å². The van der Waals surface area contributed by atoms with E-state index < -0.39 is 6.10 Å². The molecule has 5 nitrogen and oxygen atoms in total. The predicted molar refractivity (Wildman–Crippen MR) is 57.4 cm³/mol. The summed E-state index contributed by atoms with van der Waals surface area (Å²) in [5.41, 5.74) is 0.396. The van der Waals surface area contributed by atoms with E-state index in [1.807, 2.05) is 13.1 Å². The van der Waals surface area contributed by atoms with Crippen LogP contribution in [0, 0.1) is 22.7 Å². The van der Waals surface area contributed by atoms with Crippen LogP contribution in [0.2, 0.25) is 0 Å². The molecule has 0 amide bonds. The molecule has 0 aromatic carbocycles. The minimum absolute atomic E-state index is 0.172. The summed E-state index contributed by atoms with van der Waals surface area (Å²) in [7, 11) is 0. The zero-order chi connectivity index (χ0) is 11.8. The largest absolute Gasteiger partial charge is 0.384 e. The van der Waals surface area contributed by atoms with Crippen molar-refractivity contribution >= 4 is 6.21 Å². The van der Waals surface area contributed by atoms with Crippen LogP contribution in [0.4, 0.5) is 0 Å². The standard InChI is InChI=1S/C11H15N4O/c1-8(16)10-6-15(14-13-10)5-9-3-11(2,4-9)7-12/h5-6,8-9,16H,3-4H2,1-2H3/q+1/b15-5-/t8-,9?,11?/m0/s1. The molecule has 1 aliphatic heterocycles. The van der Waals surface area contributed by atoms with E-state index in [2.05, 4.69) is 16.4 Å². The van der Waals surface area contributed by atoms with Crippen molar-refractivity contribution in [3.05, 3.63) is 11.9 Å². The third kappa shape index (κ3) is 2.02. The molecule has 5 heteroatoms. The Morgan fingerprint density at radius 1 is 1.75 bits per heavy atom. The first-order valence-electron chi connectivity index (χ1n) is 5.38. The van der Waals surface area contributed by atoms with E-state index in [4.69, 9.17) is 5.26 Å². The fourth-order valence-electron chi connectivity index (χ4n) is 2.06. The Morgan fingerprint density at radius 3 is 2.94 bits per heavy atom. The van der Waals surface area contributed by atoms with E-state index in [1.54, 1.807) is 17.8 Å².